The number of aromatic nitrogens is 1. The Morgan fingerprint density at radius 3 is 2.64 bits per heavy atom. The number of guanidine groups is 1. The number of hydrogen-bond acceptors (Lipinski definition) is 3. The third-order valence-electron chi connectivity index (χ3n) is 5.10. The molecule has 2 heterocycles. The van der Waals surface area contributed by atoms with Gasteiger partial charge in [0, 0.05) is 43.4 Å². The predicted octanol–water partition coefficient (Wildman–Crippen LogP) is 3.76. The highest BCUT2D eigenvalue weighted by atomic mass is 35.5. The molecule has 0 radical (unpaired) electrons. The summed E-state index contributed by atoms with van der Waals surface area (Å²) in [6.07, 6.45) is 4.05. The van der Waals surface area contributed by atoms with Gasteiger partial charge in [-0.15, -0.1) is 0 Å². The van der Waals surface area contributed by atoms with E-state index in [1.807, 2.05) is 24.4 Å². The van der Waals surface area contributed by atoms with Gasteiger partial charge in [0.1, 0.15) is 0 Å². The number of rotatable bonds is 6. The molecular weight excluding hydrogens is 370 g/mol. The van der Waals surface area contributed by atoms with Crippen LogP contribution in [0, 0.1) is 6.92 Å². The number of piperidine rings is 1. The quantitative estimate of drug-likeness (QED) is 0.573. The lowest BCUT2D eigenvalue weighted by Crippen LogP contribution is -2.48. The number of nitrogens with one attached hydrogen (secondary N) is 2. The van der Waals surface area contributed by atoms with Gasteiger partial charge in [0.25, 0.3) is 0 Å². The normalized spacial score (nSPS) is 16.2. The Balaban J connectivity index is 1.50. The fraction of sp³-hybridized carbons (Fsp3) is 0.455. The van der Waals surface area contributed by atoms with Crippen molar-refractivity contribution in [1.82, 2.24) is 20.5 Å². The molecule has 5 nitrogen and oxygen atoms in total. The standard InChI is InChI=1S/C22H30ClN5/c1-3-24-22(26-15-21-17(2)5-4-12-25-21)27-20-10-13-28(14-11-20)16-18-6-8-19(23)9-7-18/h4-9,12,20H,3,10-11,13-16H2,1-2H3,(H2,24,26,27). The Bertz CT molecular complexity index is 767. The summed E-state index contributed by atoms with van der Waals surface area (Å²) in [5.74, 6) is 0.878. The average molecular weight is 400 g/mol. The van der Waals surface area contributed by atoms with Gasteiger partial charge in [0.15, 0.2) is 5.96 Å². The van der Waals surface area contributed by atoms with Gasteiger partial charge >= 0.3 is 0 Å². The topological polar surface area (TPSA) is 52.6 Å². The first-order valence-electron chi connectivity index (χ1n) is 10.1. The van der Waals surface area contributed by atoms with Gasteiger partial charge in [0.05, 0.1) is 12.2 Å². The molecule has 0 unspecified atom stereocenters. The monoisotopic (exact) mass is 399 g/mol. The minimum Gasteiger partial charge on any atom is -0.357 e. The van der Waals surface area contributed by atoms with Gasteiger partial charge in [-0.05, 0) is 56.0 Å². The number of likely N-dealkylation sites (tertiary alicyclic amines) is 1. The van der Waals surface area contributed by atoms with Crippen LogP contribution in [-0.2, 0) is 13.1 Å². The maximum absolute atomic E-state index is 5.98. The van der Waals surface area contributed by atoms with Gasteiger partial charge < -0.3 is 10.6 Å². The second-order valence-electron chi connectivity index (χ2n) is 7.28. The lowest BCUT2D eigenvalue weighted by atomic mass is 10.0. The highest BCUT2D eigenvalue weighted by Gasteiger charge is 2.20. The van der Waals surface area contributed by atoms with Crippen molar-refractivity contribution in [2.75, 3.05) is 19.6 Å². The van der Waals surface area contributed by atoms with Crippen molar-refractivity contribution in [1.29, 1.82) is 0 Å². The van der Waals surface area contributed by atoms with Crippen molar-refractivity contribution in [3.05, 3.63) is 64.4 Å². The molecule has 1 aromatic heterocycles. The molecule has 150 valence electrons. The lowest BCUT2D eigenvalue weighted by molar-refractivity contribution is 0.198. The smallest absolute Gasteiger partial charge is 0.191 e. The van der Waals surface area contributed by atoms with Crippen molar-refractivity contribution in [2.45, 2.75) is 45.8 Å². The van der Waals surface area contributed by atoms with Crippen molar-refractivity contribution < 1.29 is 0 Å². The average Bonchev–Trinajstić information content (AvgIpc) is 2.70. The van der Waals surface area contributed by atoms with Crippen LogP contribution in [0.15, 0.2) is 47.6 Å². The van der Waals surface area contributed by atoms with E-state index in [1.165, 1.54) is 11.1 Å². The fourth-order valence-electron chi connectivity index (χ4n) is 3.43. The summed E-state index contributed by atoms with van der Waals surface area (Å²) < 4.78 is 0. The molecule has 1 aliphatic rings. The maximum Gasteiger partial charge on any atom is 0.191 e. The van der Waals surface area contributed by atoms with Crippen molar-refractivity contribution in [2.24, 2.45) is 4.99 Å². The molecule has 0 bridgehead atoms. The fourth-order valence-corrected chi connectivity index (χ4v) is 3.56. The Morgan fingerprint density at radius 2 is 1.96 bits per heavy atom. The van der Waals surface area contributed by atoms with E-state index in [4.69, 9.17) is 16.6 Å². The van der Waals surface area contributed by atoms with Crippen molar-refractivity contribution in [3.63, 3.8) is 0 Å². The van der Waals surface area contributed by atoms with Crippen LogP contribution in [0.4, 0.5) is 0 Å². The Morgan fingerprint density at radius 1 is 1.21 bits per heavy atom. The van der Waals surface area contributed by atoms with Gasteiger partial charge in [-0.2, -0.15) is 0 Å². The number of pyridine rings is 1. The first-order valence-corrected chi connectivity index (χ1v) is 10.4. The molecule has 0 atom stereocenters. The summed E-state index contributed by atoms with van der Waals surface area (Å²) in [7, 11) is 0. The Labute approximate surface area is 173 Å². The molecule has 3 rings (SSSR count). The van der Waals surface area contributed by atoms with E-state index >= 15 is 0 Å². The Kier molecular flexibility index (Phi) is 7.69. The second kappa shape index (κ2) is 10.4. The maximum atomic E-state index is 5.98. The number of benzene rings is 1. The third-order valence-corrected chi connectivity index (χ3v) is 5.35. The Hall–Kier alpha value is -2.11. The zero-order chi connectivity index (χ0) is 19.8. The number of aliphatic imine (C=N–C) groups is 1. The van der Waals surface area contributed by atoms with Crippen LogP contribution in [0.2, 0.25) is 5.02 Å². The molecule has 6 heteroatoms. The van der Waals surface area contributed by atoms with Crippen molar-refractivity contribution in [3.8, 4) is 0 Å². The van der Waals surface area contributed by atoms with Crippen LogP contribution < -0.4 is 10.6 Å². The van der Waals surface area contributed by atoms with Crippen LogP contribution >= 0.6 is 11.6 Å². The molecule has 0 aliphatic carbocycles. The molecule has 1 fully saturated rings. The summed E-state index contributed by atoms with van der Waals surface area (Å²) in [5, 5.41) is 7.76. The summed E-state index contributed by atoms with van der Waals surface area (Å²) in [6.45, 7) is 8.77. The molecule has 1 saturated heterocycles. The van der Waals surface area contributed by atoms with E-state index in [-0.39, 0.29) is 0 Å². The van der Waals surface area contributed by atoms with Crippen LogP contribution in [0.3, 0.4) is 0 Å². The molecule has 0 amide bonds. The lowest BCUT2D eigenvalue weighted by Gasteiger charge is -2.33. The van der Waals surface area contributed by atoms with Crippen LogP contribution in [-0.4, -0.2) is 41.5 Å². The van der Waals surface area contributed by atoms with Crippen LogP contribution in [0.1, 0.15) is 36.6 Å². The van der Waals surface area contributed by atoms with E-state index < -0.39 is 0 Å². The summed E-state index contributed by atoms with van der Waals surface area (Å²) in [5.41, 5.74) is 3.52. The molecule has 2 N–H and O–H groups in total. The van der Waals surface area contributed by atoms with Crippen LogP contribution in [0.25, 0.3) is 0 Å². The van der Waals surface area contributed by atoms with Gasteiger partial charge in [0.2, 0.25) is 0 Å². The largest absolute Gasteiger partial charge is 0.357 e. The SMILES string of the molecule is CCNC(=NCc1ncccc1C)NC1CCN(Cc2ccc(Cl)cc2)CC1. The van der Waals surface area contributed by atoms with Gasteiger partial charge in [-0.25, -0.2) is 4.99 Å². The number of hydrogen-bond donors (Lipinski definition) is 2. The number of nitrogens with zero attached hydrogens (tertiary/aromatic N) is 3. The molecule has 2 aromatic rings. The number of aryl methyl sites for hydroxylation is 1. The van der Waals surface area contributed by atoms with E-state index in [2.05, 4.69) is 52.6 Å². The highest BCUT2D eigenvalue weighted by molar-refractivity contribution is 6.30. The second-order valence-corrected chi connectivity index (χ2v) is 7.72. The third kappa shape index (κ3) is 6.21. The minimum atomic E-state index is 0.448. The zero-order valence-electron chi connectivity index (χ0n) is 16.8. The summed E-state index contributed by atoms with van der Waals surface area (Å²) >= 11 is 5.98. The molecular formula is C22H30ClN5. The predicted molar refractivity (Wildman–Crippen MR) is 117 cm³/mol. The van der Waals surface area contributed by atoms with Gasteiger partial charge in [-0.3, -0.25) is 9.88 Å². The summed E-state index contributed by atoms with van der Waals surface area (Å²) in [4.78, 5) is 11.7. The number of halogens is 1. The molecule has 0 saturated carbocycles. The first-order chi connectivity index (χ1) is 13.6. The first kappa shape index (κ1) is 20.6. The minimum absolute atomic E-state index is 0.448. The zero-order valence-corrected chi connectivity index (χ0v) is 17.5. The van der Waals surface area contributed by atoms with Gasteiger partial charge in [-0.1, -0.05) is 29.8 Å². The van der Waals surface area contributed by atoms with E-state index in [0.29, 0.717) is 12.6 Å². The molecule has 1 aliphatic heterocycles. The van der Waals surface area contributed by atoms with E-state index in [1.54, 1.807) is 0 Å². The van der Waals surface area contributed by atoms with Crippen molar-refractivity contribution >= 4 is 17.6 Å². The highest BCUT2D eigenvalue weighted by Crippen LogP contribution is 2.16. The molecule has 0 spiro atoms. The van der Waals surface area contributed by atoms with E-state index in [9.17, 15) is 0 Å². The summed E-state index contributed by atoms with van der Waals surface area (Å²) in [6, 6.07) is 12.6. The van der Waals surface area contributed by atoms with Crippen LogP contribution in [0.5, 0.6) is 0 Å². The molecule has 28 heavy (non-hydrogen) atoms. The molecule has 1 aromatic carbocycles. The van der Waals surface area contributed by atoms with E-state index in [0.717, 1.165) is 55.7 Å².